The summed E-state index contributed by atoms with van der Waals surface area (Å²) < 4.78 is 5.52. The summed E-state index contributed by atoms with van der Waals surface area (Å²) in [6.07, 6.45) is 3.31. The molecule has 4 rings (SSSR count). The SMILES string of the molecule is O=C(c1ccc2nc[nH]c2c1)N1CCOC[C@@H]1c1ccn[nH]1. The predicted octanol–water partition coefficient (Wildman–Crippen LogP) is 1.50. The molecule has 0 unspecified atom stereocenters. The van der Waals surface area contributed by atoms with Gasteiger partial charge in [-0.25, -0.2) is 4.98 Å². The van der Waals surface area contributed by atoms with Gasteiger partial charge in [-0.15, -0.1) is 0 Å². The minimum atomic E-state index is -0.138. The molecule has 112 valence electrons. The third kappa shape index (κ3) is 2.15. The number of nitrogens with one attached hydrogen (secondary N) is 2. The normalized spacial score (nSPS) is 18.7. The van der Waals surface area contributed by atoms with Crippen LogP contribution in [0.2, 0.25) is 0 Å². The van der Waals surface area contributed by atoms with Gasteiger partial charge in [-0.1, -0.05) is 0 Å². The molecule has 1 amide bonds. The predicted molar refractivity (Wildman–Crippen MR) is 79.3 cm³/mol. The lowest BCUT2D eigenvalue weighted by molar-refractivity contribution is -0.00390. The first kappa shape index (κ1) is 13.0. The number of fused-ring (bicyclic) bond motifs is 1. The van der Waals surface area contributed by atoms with Crippen LogP contribution >= 0.6 is 0 Å². The molecule has 3 aromatic rings. The molecule has 1 aliphatic rings. The zero-order chi connectivity index (χ0) is 14.9. The molecule has 0 aliphatic carbocycles. The Bertz CT molecular complexity index is 795. The topological polar surface area (TPSA) is 86.9 Å². The monoisotopic (exact) mass is 297 g/mol. The summed E-state index contributed by atoms with van der Waals surface area (Å²) in [6.45, 7) is 1.58. The molecule has 0 spiro atoms. The smallest absolute Gasteiger partial charge is 0.254 e. The summed E-state index contributed by atoms with van der Waals surface area (Å²) in [5.41, 5.74) is 3.24. The Labute approximate surface area is 126 Å². The molecule has 3 heterocycles. The van der Waals surface area contributed by atoms with Gasteiger partial charge in [-0.3, -0.25) is 9.89 Å². The number of morpholine rings is 1. The third-order valence-corrected chi connectivity index (χ3v) is 3.94. The van der Waals surface area contributed by atoms with E-state index in [1.807, 2.05) is 29.2 Å². The van der Waals surface area contributed by atoms with Gasteiger partial charge in [0.25, 0.3) is 5.91 Å². The first-order valence-electron chi connectivity index (χ1n) is 7.14. The molecule has 0 bridgehead atoms. The molecule has 7 nitrogen and oxygen atoms in total. The molecule has 2 aromatic heterocycles. The number of nitrogens with zero attached hydrogens (tertiary/aromatic N) is 3. The fourth-order valence-electron chi connectivity index (χ4n) is 2.79. The van der Waals surface area contributed by atoms with Crippen molar-refractivity contribution in [1.82, 2.24) is 25.1 Å². The van der Waals surface area contributed by atoms with Crippen LogP contribution in [0.3, 0.4) is 0 Å². The van der Waals surface area contributed by atoms with Crippen molar-refractivity contribution in [3.63, 3.8) is 0 Å². The van der Waals surface area contributed by atoms with Gasteiger partial charge in [0.05, 0.1) is 42.3 Å². The Balaban J connectivity index is 1.67. The first-order chi connectivity index (χ1) is 10.8. The Hall–Kier alpha value is -2.67. The number of amides is 1. The Morgan fingerprint density at radius 3 is 3.18 bits per heavy atom. The van der Waals surface area contributed by atoms with Crippen LogP contribution in [0.4, 0.5) is 0 Å². The summed E-state index contributed by atoms with van der Waals surface area (Å²) in [7, 11) is 0. The van der Waals surface area contributed by atoms with E-state index < -0.39 is 0 Å². The molecule has 22 heavy (non-hydrogen) atoms. The standard InChI is InChI=1S/C15H15N5O2/c21-15(10-1-2-11-13(7-10)17-9-16-11)20-5-6-22-8-14(20)12-3-4-18-19-12/h1-4,7,9,14H,5-6,8H2,(H,16,17)(H,18,19)/t14-/m1/s1. The number of aromatic amines is 2. The van der Waals surface area contributed by atoms with Gasteiger partial charge in [0.2, 0.25) is 0 Å². The average molecular weight is 297 g/mol. The Morgan fingerprint density at radius 2 is 2.32 bits per heavy atom. The van der Waals surface area contributed by atoms with E-state index in [0.29, 0.717) is 25.3 Å². The summed E-state index contributed by atoms with van der Waals surface area (Å²) in [5.74, 6) is -0.0144. The highest BCUT2D eigenvalue weighted by Crippen LogP contribution is 2.25. The van der Waals surface area contributed by atoms with Crippen molar-refractivity contribution in [2.75, 3.05) is 19.8 Å². The van der Waals surface area contributed by atoms with Crippen molar-refractivity contribution in [2.24, 2.45) is 0 Å². The number of hydrogen-bond acceptors (Lipinski definition) is 4. The van der Waals surface area contributed by atoms with Gasteiger partial charge in [-0.05, 0) is 24.3 Å². The second-order valence-electron chi connectivity index (χ2n) is 5.24. The van der Waals surface area contributed by atoms with Crippen LogP contribution in [0.1, 0.15) is 22.1 Å². The minimum absolute atomic E-state index is 0.0144. The zero-order valence-corrected chi connectivity index (χ0v) is 11.8. The maximum Gasteiger partial charge on any atom is 0.254 e. The van der Waals surface area contributed by atoms with Gasteiger partial charge in [0, 0.05) is 18.3 Å². The average Bonchev–Trinajstić information content (AvgIpc) is 3.24. The van der Waals surface area contributed by atoms with Crippen molar-refractivity contribution < 1.29 is 9.53 Å². The van der Waals surface area contributed by atoms with Crippen molar-refractivity contribution >= 4 is 16.9 Å². The van der Waals surface area contributed by atoms with E-state index in [2.05, 4.69) is 20.2 Å². The van der Waals surface area contributed by atoms with E-state index in [4.69, 9.17) is 4.74 Å². The number of ether oxygens (including phenoxy) is 1. The molecule has 1 saturated heterocycles. The lowest BCUT2D eigenvalue weighted by Gasteiger charge is -2.35. The molecule has 2 N–H and O–H groups in total. The highest BCUT2D eigenvalue weighted by molar-refractivity contribution is 5.97. The maximum atomic E-state index is 12.9. The number of H-pyrrole nitrogens is 2. The quantitative estimate of drug-likeness (QED) is 0.750. The second kappa shape index (κ2) is 5.27. The van der Waals surface area contributed by atoms with Crippen molar-refractivity contribution in [3.05, 3.63) is 48.0 Å². The van der Waals surface area contributed by atoms with Crippen molar-refractivity contribution in [2.45, 2.75) is 6.04 Å². The van der Waals surface area contributed by atoms with E-state index >= 15 is 0 Å². The highest BCUT2D eigenvalue weighted by Gasteiger charge is 2.30. The van der Waals surface area contributed by atoms with E-state index in [-0.39, 0.29) is 11.9 Å². The van der Waals surface area contributed by atoms with Crippen LogP contribution < -0.4 is 0 Å². The fraction of sp³-hybridized carbons (Fsp3) is 0.267. The number of imidazole rings is 1. The van der Waals surface area contributed by atoms with E-state index in [1.54, 1.807) is 12.5 Å². The number of aromatic nitrogens is 4. The Morgan fingerprint density at radius 1 is 1.36 bits per heavy atom. The first-order valence-corrected chi connectivity index (χ1v) is 7.14. The van der Waals surface area contributed by atoms with E-state index in [1.165, 1.54) is 0 Å². The van der Waals surface area contributed by atoms with E-state index in [9.17, 15) is 4.79 Å². The zero-order valence-electron chi connectivity index (χ0n) is 11.8. The molecule has 7 heteroatoms. The van der Waals surface area contributed by atoms with E-state index in [0.717, 1.165) is 16.7 Å². The number of hydrogen-bond donors (Lipinski definition) is 2. The summed E-state index contributed by atoms with van der Waals surface area (Å²) in [5, 5.41) is 6.89. The fourth-order valence-corrected chi connectivity index (χ4v) is 2.79. The summed E-state index contributed by atoms with van der Waals surface area (Å²) >= 11 is 0. The number of carbonyl (C=O) groups excluding carboxylic acids is 1. The number of carbonyl (C=O) groups is 1. The van der Waals surface area contributed by atoms with Crippen LogP contribution in [-0.4, -0.2) is 50.7 Å². The third-order valence-electron chi connectivity index (χ3n) is 3.94. The lowest BCUT2D eigenvalue weighted by Crippen LogP contribution is -2.43. The number of benzene rings is 1. The van der Waals surface area contributed by atoms with Crippen LogP contribution in [-0.2, 0) is 4.74 Å². The van der Waals surface area contributed by atoms with Gasteiger partial charge in [0.15, 0.2) is 0 Å². The van der Waals surface area contributed by atoms with Crippen LogP contribution in [0.15, 0.2) is 36.8 Å². The highest BCUT2D eigenvalue weighted by atomic mass is 16.5. The maximum absolute atomic E-state index is 12.9. The second-order valence-corrected chi connectivity index (χ2v) is 5.24. The molecule has 1 atom stereocenters. The van der Waals surface area contributed by atoms with Crippen molar-refractivity contribution in [1.29, 1.82) is 0 Å². The molecule has 0 saturated carbocycles. The summed E-state index contributed by atoms with van der Waals surface area (Å²) in [4.78, 5) is 21.9. The summed E-state index contributed by atoms with van der Waals surface area (Å²) in [6, 6.07) is 7.23. The van der Waals surface area contributed by atoms with Crippen LogP contribution in [0.5, 0.6) is 0 Å². The number of rotatable bonds is 2. The Kier molecular flexibility index (Phi) is 3.12. The molecular formula is C15H15N5O2. The largest absolute Gasteiger partial charge is 0.377 e. The molecule has 1 fully saturated rings. The van der Waals surface area contributed by atoms with Crippen LogP contribution in [0.25, 0.3) is 11.0 Å². The molecule has 1 aromatic carbocycles. The van der Waals surface area contributed by atoms with Crippen LogP contribution in [0, 0.1) is 0 Å². The lowest BCUT2D eigenvalue weighted by atomic mass is 10.1. The molecule has 1 aliphatic heterocycles. The van der Waals surface area contributed by atoms with Gasteiger partial charge < -0.3 is 14.6 Å². The minimum Gasteiger partial charge on any atom is -0.377 e. The van der Waals surface area contributed by atoms with Crippen molar-refractivity contribution in [3.8, 4) is 0 Å². The van der Waals surface area contributed by atoms with Gasteiger partial charge >= 0.3 is 0 Å². The molecular weight excluding hydrogens is 282 g/mol. The van der Waals surface area contributed by atoms with Gasteiger partial charge in [0.1, 0.15) is 0 Å². The molecule has 0 radical (unpaired) electrons. The van der Waals surface area contributed by atoms with Gasteiger partial charge in [-0.2, -0.15) is 5.10 Å².